The first kappa shape index (κ1) is 10.3. The van der Waals surface area contributed by atoms with Crippen LogP contribution in [-0.4, -0.2) is 9.57 Å². The van der Waals surface area contributed by atoms with E-state index < -0.39 is 9.57 Å². The summed E-state index contributed by atoms with van der Waals surface area (Å²) < 4.78 is -0.488. The number of benzene rings is 1. The molecule has 0 saturated heterocycles. The second-order valence-corrected chi connectivity index (χ2v) is 3.44. The minimum atomic E-state index is -0.488. The molecule has 0 heterocycles. The van der Waals surface area contributed by atoms with E-state index in [0.717, 1.165) is 0 Å². The Morgan fingerprint density at radius 3 is 2.46 bits per heavy atom. The lowest BCUT2D eigenvalue weighted by atomic mass is 10.0. The summed E-state index contributed by atoms with van der Waals surface area (Å²) in [4.78, 5) is 22.1. The summed E-state index contributed by atoms with van der Waals surface area (Å²) in [5, 5.41) is 0. The van der Waals surface area contributed by atoms with Crippen molar-refractivity contribution in [3.05, 3.63) is 35.4 Å². The molecule has 0 unspecified atom stereocenters. The zero-order valence-corrected chi connectivity index (χ0v) is 8.95. The number of rotatable bonds is 3. The van der Waals surface area contributed by atoms with Gasteiger partial charge in [-0.1, -0.05) is 24.3 Å². The van der Waals surface area contributed by atoms with Gasteiger partial charge in [-0.3, -0.25) is 9.59 Å². The van der Waals surface area contributed by atoms with Gasteiger partial charge in [0.25, 0.3) is 3.79 Å². The summed E-state index contributed by atoms with van der Waals surface area (Å²) in [5.41, 5.74) is 6.54. The molecular formula is C9H8INO2. The van der Waals surface area contributed by atoms with Crippen LogP contribution in [0.25, 0.3) is 0 Å². The molecule has 1 aromatic carbocycles. The van der Waals surface area contributed by atoms with Gasteiger partial charge in [0, 0.05) is 34.7 Å². The predicted molar refractivity (Wildman–Crippen MR) is 57.7 cm³/mol. The number of ketones is 1. The smallest absolute Gasteiger partial charge is 0.262 e. The highest BCUT2D eigenvalue weighted by atomic mass is 127. The van der Waals surface area contributed by atoms with Crippen molar-refractivity contribution in [3.8, 4) is 0 Å². The highest BCUT2D eigenvalue weighted by molar-refractivity contribution is 14.1. The third kappa shape index (κ3) is 2.35. The third-order valence-electron chi connectivity index (χ3n) is 1.66. The van der Waals surface area contributed by atoms with Crippen LogP contribution in [0.5, 0.6) is 0 Å². The fourth-order valence-corrected chi connectivity index (χ4v) is 1.32. The van der Waals surface area contributed by atoms with Gasteiger partial charge < -0.3 is 5.73 Å². The highest BCUT2D eigenvalue weighted by Crippen LogP contribution is 2.10. The number of Topliss-reactive ketones (excluding diaryl/α,β-unsaturated/α-hetero) is 1. The van der Waals surface area contributed by atoms with Crippen molar-refractivity contribution in [2.24, 2.45) is 5.73 Å². The van der Waals surface area contributed by atoms with E-state index in [1.165, 1.54) is 22.6 Å². The van der Waals surface area contributed by atoms with Crippen LogP contribution >= 0.6 is 22.6 Å². The number of carbonyl (C=O) groups excluding carboxylic acids is 2. The zero-order chi connectivity index (χ0) is 9.84. The molecule has 0 aliphatic carbocycles. The number of nitrogens with two attached hydrogens (primary N) is 1. The third-order valence-corrected chi connectivity index (χ3v) is 2.15. The molecule has 0 atom stereocenters. The molecule has 1 rings (SSSR count). The topological polar surface area (TPSA) is 60.2 Å². The monoisotopic (exact) mass is 289 g/mol. The Hall–Kier alpha value is -0.750. The van der Waals surface area contributed by atoms with E-state index in [4.69, 9.17) is 5.73 Å². The Morgan fingerprint density at radius 2 is 1.92 bits per heavy atom. The number of hydrogen-bond donors (Lipinski definition) is 1. The van der Waals surface area contributed by atoms with Gasteiger partial charge in [-0.2, -0.15) is 0 Å². The fraction of sp³-hybridized carbons (Fsp3) is 0.111. The molecule has 0 radical (unpaired) electrons. The van der Waals surface area contributed by atoms with Crippen LogP contribution in [0.4, 0.5) is 0 Å². The number of hydrogen-bond acceptors (Lipinski definition) is 3. The molecule has 1 aromatic rings. The molecule has 0 aliphatic rings. The summed E-state index contributed by atoms with van der Waals surface area (Å²) in [5.74, 6) is -0.485. The lowest BCUT2D eigenvalue weighted by Crippen LogP contribution is -2.11. The summed E-state index contributed by atoms with van der Waals surface area (Å²) >= 11 is 1.48. The fourth-order valence-electron chi connectivity index (χ4n) is 1.03. The molecule has 3 nitrogen and oxygen atoms in total. The van der Waals surface area contributed by atoms with Gasteiger partial charge in [-0.15, -0.1) is 0 Å². The summed E-state index contributed by atoms with van der Waals surface area (Å²) in [6.07, 6.45) is 0. The average Bonchev–Trinajstić information content (AvgIpc) is 2.16. The van der Waals surface area contributed by atoms with Crippen molar-refractivity contribution >= 4 is 32.2 Å². The van der Waals surface area contributed by atoms with Gasteiger partial charge in [-0.25, -0.2) is 0 Å². The molecule has 0 spiro atoms. The van der Waals surface area contributed by atoms with Crippen molar-refractivity contribution in [2.75, 3.05) is 0 Å². The lowest BCUT2D eigenvalue weighted by Gasteiger charge is -2.02. The maximum Gasteiger partial charge on any atom is 0.262 e. The maximum absolute atomic E-state index is 11.3. The first-order valence-corrected chi connectivity index (χ1v) is 4.77. The van der Waals surface area contributed by atoms with Crippen LogP contribution in [0.15, 0.2) is 24.3 Å². The predicted octanol–water partition coefficient (Wildman–Crippen LogP) is 1.29. The molecule has 0 saturated carbocycles. The Morgan fingerprint density at radius 1 is 1.31 bits per heavy atom. The van der Waals surface area contributed by atoms with Crippen LogP contribution < -0.4 is 5.73 Å². The van der Waals surface area contributed by atoms with Gasteiger partial charge in [0.15, 0.2) is 0 Å². The molecule has 0 amide bonds. The van der Waals surface area contributed by atoms with E-state index in [1.54, 1.807) is 24.3 Å². The van der Waals surface area contributed by atoms with Crippen molar-refractivity contribution in [2.45, 2.75) is 6.54 Å². The Kier molecular flexibility index (Phi) is 3.56. The average molecular weight is 289 g/mol. The van der Waals surface area contributed by atoms with E-state index in [0.29, 0.717) is 11.1 Å². The van der Waals surface area contributed by atoms with E-state index in [2.05, 4.69) is 0 Å². The van der Waals surface area contributed by atoms with Crippen molar-refractivity contribution in [1.82, 2.24) is 0 Å². The van der Waals surface area contributed by atoms with Crippen LogP contribution in [0.2, 0.25) is 0 Å². The molecule has 13 heavy (non-hydrogen) atoms. The molecule has 68 valence electrons. The van der Waals surface area contributed by atoms with Crippen LogP contribution in [0.3, 0.4) is 0 Å². The normalized spacial score (nSPS) is 9.69. The molecular weight excluding hydrogens is 281 g/mol. The Bertz CT molecular complexity index is 349. The van der Waals surface area contributed by atoms with Crippen LogP contribution in [0.1, 0.15) is 15.9 Å². The molecule has 0 fully saturated rings. The molecule has 0 bridgehead atoms. The van der Waals surface area contributed by atoms with E-state index in [-0.39, 0.29) is 6.54 Å². The first-order chi connectivity index (χ1) is 6.16. The molecule has 4 heteroatoms. The van der Waals surface area contributed by atoms with Crippen molar-refractivity contribution < 1.29 is 9.59 Å². The quantitative estimate of drug-likeness (QED) is 0.395. The van der Waals surface area contributed by atoms with Gasteiger partial charge in [0.05, 0.1) is 0 Å². The Balaban J connectivity index is 3.13. The van der Waals surface area contributed by atoms with Gasteiger partial charge in [0.2, 0.25) is 5.78 Å². The lowest BCUT2D eigenvalue weighted by molar-refractivity contribution is -0.106. The number of carbonyl (C=O) groups is 2. The molecule has 0 aromatic heterocycles. The van der Waals surface area contributed by atoms with Crippen LogP contribution in [0, 0.1) is 0 Å². The summed E-state index contributed by atoms with van der Waals surface area (Å²) in [6.45, 7) is 0.270. The minimum Gasteiger partial charge on any atom is -0.326 e. The van der Waals surface area contributed by atoms with E-state index >= 15 is 0 Å². The Labute approximate surface area is 89.5 Å². The second kappa shape index (κ2) is 4.48. The standard InChI is InChI=1S/C9H8INO2/c10-9(13)8(12)7-4-2-1-3-6(7)5-11/h1-4H,5,11H2. The zero-order valence-electron chi connectivity index (χ0n) is 6.79. The van der Waals surface area contributed by atoms with Crippen LogP contribution in [-0.2, 0) is 11.3 Å². The van der Waals surface area contributed by atoms with Gasteiger partial charge >= 0.3 is 0 Å². The van der Waals surface area contributed by atoms with Gasteiger partial charge in [-0.05, 0) is 5.56 Å². The van der Waals surface area contributed by atoms with Crippen molar-refractivity contribution in [3.63, 3.8) is 0 Å². The maximum atomic E-state index is 11.3. The summed E-state index contributed by atoms with van der Waals surface area (Å²) in [6, 6.07) is 6.86. The summed E-state index contributed by atoms with van der Waals surface area (Å²) in [7, 11) is 0. The van der Waals surface area contributed by atoms with E-state index in [1.807, 2.05) is 0 Å². The molecule has 0 aliphatic heterocycles. The number of halogens is 1. The minimum absolute atomic E-state index is 0.270. The first-order valence-electron chi connectivity index (χ1n) is 3.69. The largest absolute Gasteiger partial charge is 0.326 e. The second-order valence-electron chi connectivity index (χ2n) is 2.46. The van der Waals surface area contributed by atoms with E-state index in [9.17, 15) is 9.59 Å². The highest BCUT2D eigenvalue weighted by Gasteiger charge is 2.15. The SMILES string of the molecule is NCc1ccccc1C(=O)C(=O)I. The molecule has 2 N–H and O–H groups in total. The van der Waals surface area contributed by atoms with Gasteiger partial charge in [0.1, 0.15) is 0 Å². The van der Waals surface area contributed by atoms with Crippen molar-refractivity contribution in [1.29, 1.82) is 0 Å².